The van der Waals surface area contributed by atoms with Gasteiger partial charge in [-0.3, -0.25) is 0 Å². The summed E-state index contributed by atoms with van der Waals surface area (Å²) in [6.07, 6.45) is 12.7. The third-order valence-electron chi connectivity index (χ3n) is 1.36. The Hall–Kier alpha value is -0.560. The highest BCUT2D eigenvalue weighted by molar-refractivity contribution is 4.87. The molecular weight excluding hydrogens is 136 g/mol. The number of rotatable bonds is 6. The van der Waals surface area contributed by atoms with Crippen molar-refractivity contribution in [1.29, 1.82) is 0 Å². The van der Waals surface area contributed by atoms with Crippen molar-refractivity contribution in [3.05, 3.63) is 24.3 Å². The van der Waals surface area contributed by atoms with Crippen LogP contribution in [0.4, 0.5) is 0 Å². The lowest BCUT2D eigenvalue weighted by Gasteiger charge is -1.86. The van der Waals surface area contributed by atoms with Crippen molar-refractivity contribution in [2.24, 2.45) is 0 Å². The normalized spacial score (nSPS) is 11.8. The van der Waals surface area contributed by atoms with E-state index >= 15 is 0 Å². The number of aliphatic hydroxyl groups is 1. The summed E-state index contributed by atoms with van der Waals surface area (Å²) in [5.74, 6) is 0. The fraction of sp³-hybridized carbons (Fsp3) is 0.600. The molecule has 0 unspecified atom stereocenters. The first kappa shape index (κ1) is 10.4. The van der Waals surface area contributed by atoms with Crippen LogP contribution in [0, 0.1) is 0 Å². The van der Waals surface area contributed by atoms with Gasteiger partial charge in [-0.05, 0) is 25.7 Å². The molecule has 0 saturated heterocycles. The molecule has 0 aromatic rings. The van der Waals surface area contributed by atoms with Gasteiger partial charge >= 0.3 is 0 Å². The van der Waals surface area contributed by atoms with E-state index in [1.165, 1.54) is 0 Å². The molecule has 0 aliphatic carbocycles. The summed E-state index contributed by atoms with van der Waals surface area (Å²) < 4.78 is 0. The summed E-state index contributed by atoms with van der Waals surface area (Å²) in [6, 6.07) is 0. The molecule has 0 spiro atoms. The number of hydrogen-bond donors (Lipinski definition) is 1. The standard InChI is InChI=1S/C10H18O/c1-2-3-4-5-6-7-8-9-10-11/h3-4,7-8,11H,2,5-6,9-10H2,1H3/b4-3+,8-7+. The SMILES string of the molecule is CC/C=C/CC/C=C/CCO. The van der Waals surface area contributed by atoms with Gasteiger partial charge in [-0.25, -0.2) is 0 Å². The van der Waals surface area contributed by atoms with Crippen LogP contribution in [-0.2, 0) is 0 Å². The third-order valence-corrected chi connectivity index (χ3v) is 1.36. The van der Waals surface area contributed by atoms with E-state index in [-0.39, 0.29) is 6.61 Å². The number of unbranched alkanes of at least 4 members (excludes halogenated alkanes) is 1. The van der Waals surface area contributed by atoms with E-state index in [1.807, 2.05) is 6.08 Å². The molecule has 0 bridgehead atoms. The van der Waals surface area contributed by atoms with Gasteiger partial charge in [0.15, 0.2) is 0 Å². The topological polar surface area (TPSA) is 20.2 Å². The van der Waals surface area contributed by atoms with Crippen molar-refractivity contribution >= 4 is 0 Å². The predicted octanol–water partition coefficient (Wildman–Crippen LogP) is 2.67. The Labute approximate surface area is 69.4 Å². The Morgan fingerprint density at radius 1 is 0.909 bits per heavy atom. The maximum absolute atomic E-state index is 8.44. The zero-order chi connectivity index (χ0) is 8.36. The second kappa shape index (κ2) is 9.44. The molecule has 64 valence electrons. The zero-order valence-corrected chi connectivity index (χ0v) is 7.29. The molecule has 1 heteroatoms. The maximum atomic E-state index is 8.44. The van der Waals surface area contributed by atoms with Gasteiger partial charge in [0.25, 0.3) is 0 Å². The van der Waals surface area contributed by atoms with Crippen LogP contribution >= 0.6 is 0 Å². The first-order valence-electron chi connectivity index (χ1n) is 4.32. The Kier molecular flexibility index (Phi) is 8.96. The number of allylic oxidation sites excluding steroid dienone is 3. The van der Waals surface area contributed by atoms with E-state index in [1.54, 1.807) is 0 Å². The highest BCUT2D eigenvalue weighted by Gasteiger charge is 1.76. The Morgan fingerprint density at radius 3 is 2.00 bits per heavy atom. The molecule has 0 radical (unpaired) electrons. The lowest BCUT2D eigenvalue weighted by atomic mass is 10.2. The molecule has 0 aromatic heterocycles. The molecule has 0 aromatic carbocycles. The lowest BCUT2D eigenvalue weighted by Crippen LogP contribution is -1.75. The van der Waals surface area contributed by atoms with Crippen molar-refractivity contribution in [3.63, 3.8) is 0 Å². The maximum Gasteiger partial charge on any atom is 0.0465 e. The van der Waals surface area contributed by atoms with Gasteiger partial charge < -0.3 is 5.11 Å². The molecule has 0 fully saturated rings. The van der Waals surface area contributed by atoms with Gasteiger partial charge in [-0.2, -0.15) is 0 Å². The van der Waals surface area contributed by atoms with Crippen LogP contribution in [0.15, 0.2) is 24.3 Å². The van der Waals surface area contributed by atoms with E-state index < -0.39 is 0 Å². The average molecular weight is 154 g/mol. The molecule has 1 nitrogen and oxygen atoms in total. The van der Waals surface area contributed by atoms with Crippen molar-refractivity contribution in [2.75, 3.05) is 6.61 Å². The zero-order valence-electron chi connectivity index (χ0n) is 7.29. The Balaban J connectivity index is 3.06. The van der Waals surface area contributed by atoms with Gasteiger partial charge in [-0.1, -0.05) is 31.2 Å². The van der Waals surface area contributed by atoms with Gasteiger partial charge in [0.2, 0.25) is 0 Å². The Morgan fingerprint density at radius 2 is 1.45 bits per heavy atom. The highest BCUT2D eigenvalue weighted by atomic mass is 16.2. The molecule has 0 rings (SSSR count). The lowest BCUT2D eigenvalue weighted by molar-refractivity contribution is 0.302. The minimum atomic E-state index is 0.265. The fourth-order valence-corrected chi connectivity index (χ4v) is 0.787. The molecule has 0 heterocycles. The smallest absolute Gasteiger partial charge is 0.0465 e. The number of hydrogen-bond acceptors (Lipinski definition) is 1. The molecule has 1 N–H and O–H groups in total. The van der Waals surface area contributed by atoms with E-state index in [9.17, 15) is 0 Å². The molecule has 0 amide bonds. The molecule has 0 aliphatic rings. The van der Waals surface area contributed by atoms with E-state index in [2.05, 4.69) is 25.2 Å². The van der Waals surface area contributed by atoms with E-state index in [0.717, 1.165) is 25.7 Å². The van der Waals surface area contributed by atoms with Crippen molar-refractivity contribution in [3.8, 4) is 0 Å². The summed E-state index contributed by atoms with van der Waals surface area (Å²) >= 11 is 0. The van der Waals surface area contributed by atoms with Crippen LogP contribution in [0.25, 0.3) is 0 Å². The quantitative estimate of drug-likeness (QED) is 0.460. The van der Waals surface area contributed by atoms with Gasteiger partial charge in [0.1, 0.15) is 0 Å². The first-order chi connectivity index (χ1) is 5.41. The van der Waals surface area contributed by atoms with Crippen LogP contribution in [0.5, 0.6) is 0 Å². The highest BCUT2D eigenvalue weighted by Crippen LogP contribution is 1.94. The van der Waals surface area contributed by atoms with Crippen LogP contribution < -0.4 is 0 Å². The summed E-state index contributed by atoms with van der Waals surface area (Å²) in [5.41, 5.74) is 0. The van der Waals surface area contributed by atoms with Crippen LogP contribution in [0.1, 0.15) is 32.6 Å². The predicted molar refractivity (Wildman–Crippen MR) is 49.5 cm³/mol. The molecule has 0 atom stereocenters. The van der Waals surface area contributed by atoms with Gasteiger partial charge in [0.05, 0.1) is 0 Å². The Bertz CT molecular complexity index is 114. The van der Waals surface area contributed by atoms with Gasteiger partial charge in [-0.15, -0.1) is 0 Å². The monoisotopic (exact) mass is 154 g/mol. The molecular formula is C10H18O. The number of aliphatic hydroxyl groups excluding tert-OH is 1. The third kappa shape index (κ3) is 9.44. The summed E-state index contributed by atoms with van der Waals surface area (Å²) in [7, 11) is 0. The van der Waals surface area contributed by atoms with Crippen molar-refractivity contribution in [2.45, 2.75) is 32.6 Å². The molecule has 0 saturated carbocycles. The summed E-state index contributed by atoms with van der Waals surface area (Å²) in [5, 5.41) is 8.44. The van der Waals surface area contributed by atoms with Crippen molar-refractivity contribution in [1.82, 2.24) is 0 Å². The van der Waals surface area contributed by atoms with Crippen LogP contribution in [0.2, 0.25) is 0 Å². The molecule has 0 aliphatic heterocycles. The molecule has 11 heavy (non-hydrogen) atoms. The van der Waals surface area contributed by atoms with Crippen LogP contribution in [0.3, 0.4) is 0 Å². The average Bonchev–Trinajstić information content (AvgIpc) is 2.03. The van der Waals surface area contributed by atoms with Gasteiger partial charge in [0, 0.05) is 6.61 Å². The van der Waals surface area contributed by atoms with Crippen molar-refractivity contribution < 1.29 is 5.11 Å². The van der Waals surface area contributed by atoms with E-state index in [4.69, 9.17) is 5.11 Å². The second-order valence-electron chi connectivity index (χ2n) is 2.44. The fourth-order valence-electron chi connectivity index (χ4n) is 0.787. The minimum absolute atomic E-state index is 0.265. The van der Waals surface area contributed by atoms with Crippen LogP contribution in [-0.4, -0.2) is 11.7 Å². The first-order valence-corrected chi connectivity index (χ1v) is 4.32. The van der Waals surface area contributed by atoms with E-state index in [0.29, 0.717) is 0 Å². The second-order valence-corrected chi connectivity index (χ2v) is 2.44. The minimum Gasteiger partial charge on any atom is -0.396 e. The largest absolute Gasteiger partial charge is 0.396 e. The summed E-state index contributed by atoms with van der Waals surface area (Å²) in [4.78, 5) is 0. The summed E-state index contributed by atoms with van der Waals surface area (Å²) in [6.45, 7) is 2.40.